The number of benzene rings is 1. The smallest absolute Gasteiger partial charge is 0.245 e. The van der Waals surface area contributed by atoms with Gasteiger partial charge in [0.2, 0.25) is 0 Å². The molecule has 71 valence electrons. The van der Waals surface area contributed by atoms with E-state index in [1.807, 2.05) is 0 Å². The molecule has 0 aliphatic carbocycles. The highest BCUT2D eigenvalue weighted by Crippen LogP contribution is 2.22. The van der Waals surface area contributed by atoms with Crippen molar-refractivity contribution in [1.29, 1.82) is 0 Å². The van der Waals surface area contributed by atoms with E-state index in [9.17, 15) is 13.2 Å². The zero-order valence-electron chi connectivity index (χ0n) is 6.81. The van der Waals surface area contributed by atoms with Crippen LogP contribution in [0.25, 0.3) is 0 Å². The second kappa shape index (κ2) is 3.79. The molecule has 0 heterocycles. The van der Waals surface area contributed by atoms with Crippen LogP contribution in [0.1, 0.15) is 5.56 Å². The van der Waals surface area contributed by atoms with Crippen molar-refractivity contribution in [2.24, 2.45) is 0 Å². The van der Waals surface area contributed by atoms with E-state index >= 15 is 0 Å². The van der Waals surface area contributed by atoms with E-state index in [2.05, 4.69) is 0 Å². The number of halogens is 3. The molecule has 4 heteroatoms. The third-order valence-corrected chi connectivity index (χ3v) is 1.68. The van der Waals surface area contributed by atoms with Gasteiger partial charge in [0, 0.05) is 0 Å². The molecule has 1 radical (unpaired) electrons. The number of nitrogens with one attached hydrogen (secondary N) is 1. The van der Waals surface area contributed by atoms with Gasteiger partial charge in [0.25, 0.3) is 0 Å². The molecule has 0 fully saturated rings. The Bertz CT molecular complexity index is 255. The molecule has 0 aromatic heterocycles. The first kappa shape index (κ1) is 10.1. The van der Waals surface area contributed by atoms with Crippen molar-refractivity contribution in [2.75, 3.05) is 0 Å². The van der Waals surface area contributed by atoms with Crippen LogP contribution in [-0.2, 0) is 6.42 Å². The normalized spacial score (nSPS) is 14.2. The summed E-state index contributed by atoms with van der Waals surface area (Å²) in [5.41, 5.74) is 7.38. The summed E-state index contributed by atoms with van der Waals surface area (Å²) in [6.07, 6.45) is -4.69. The Morgan fingerprint density at radius 3 is 2.15 bits per heavy atom. The van der Waals surface area contributed by atoms with Crippen LogP contribution in [0.2, 0.25) is 0 Å². The Kier molecular flexibility index (Phi) is 2.93. The molecule has 1 atom stereocenters. The van der Waals surface area contributed by atoms with Crippen molar-refractivity contribution in [3.8, 4) is 0 Å². The molecular formula is C9H9F3N. The van der Waals surface area contributed by atoms with Crippen LogP contribution in [0.15, 0.2) is 30.3 Å². The van der Waals surface area contributed by atoms with Crippen LogP contribution in [0, 0.1) is 0 Å². The third kappa shape index (κ3) is 3.06. The Morgan fingerprint density at radius 1 is 1.15 bits per heavy atom. The first-order valence-electron chi connectivity index (χ1n) is 3.82. The molecule has 0 amide bonds. The number of rotatable bonds is 2. The maximum absolute atomic E-state index is 11.9. The topological polar surface area (TPSA) is 23.8 Å². The second-order valence-electron chi connectivity index (χ2n) is 2.78. The van der Waals surface area contributed by atoms with Gasteiger partial charge in [-0.05, 0) is 12.0 Å². The van der Waals surface area contributed by atoms with Gasteiger partial charge in [0.15, 0.2) is 0 Å². The van der Waals surface area contributed by atoms with Gasteiger partial charge in [0.05, 0.1) is 0 Å². The molecule has 0 aliphatic rings. The van der Waals surface area contributed by atoms with Crippen LogP contribution >= 0.6 is 0 Å². The Labute approximate surface area is 74.4 Å². The van der Waals surface area contributed by atoms with E-state index < -0.39 is 12.2 Å². The van der Waals surface area contributed by atoms with Crippen molar-refractivity contribution < 1.29 is 13.2 Å². The predicted octanol–water partition coefficient (Wildman–Crippen LogP) is 2.44. The molecule has 0 saturated heterocycles. The molecule has 0 bridgehead atoms. The van der Waals surface area contributed by atoms with Crippen molar-refractivity contribution in [3.63, 3.8) is 0 Å². The molecule has 1 nitrogen and oxygen atoms in total. The molecule has 0 spiro atoms. The molecule has 0 aliphatic heterocycles. The van der Waals surface area contributed by atoms with Crippen molar-refractivity contribution >= 4 is 0 Å². The van der Waals surface area contributed by atoms with Crippen LogP contribution < -0.4 is 5.73 Å². The Hall–Kier alpha value is -1.03. The fourth-order valence-corrected chi connectivity index (χ4v) is 0.966. The lowest BCUT2D eigenvalue weighted by Crippen LogP contribution is -2.32. The third-order valence-electron chi connectivity index (χ3n) is 1.68. The van der Waals surface area contributed by atoms with Gasteiger partial charge in [-0.1, -0.05) is 30.3 Å². The number of hydrogen-bond acceptors (Lipinski definition) is 0. The summed E-state index contributed by atoms with van der Waals surface area (Å²) in [6.45, 7) is 0. The van der Waals surface area contributed by atoms with Crippen LogP contribution in [0.3, 0.4) is 0 Å². The zero-order chi connectivity index (χ0) is 9.90. The summed E-state index contributed by atoms with van der Waals surface area (Å²) < 4.78 is 35.8. The summed E-state index contributed by atoms with van der Waals surface area (Å²) >= 11 is 0. The average Bonchev–Trinajstić information content (AvgIpc) is 2.04. The van der Waals surface area contributed by atoms with E-state index in [0.717, 1.165) is 0 Å². The number of hydrogen-bond donors (Lipinski definition) is 0. The van der Waals surface area contributed by atoms with E-state index in [1.165, 1.54) is 0 Å². The predicted molar refractivity (Wildman–Crippen MR) is 43.1 cm³/mol. The first-order valence-corrected chi connectivity index (χ1v) is 3.82. The first-order chi connectivity index (χ1) is 6.00. The molecule has 13 heavy (non-hydrogen) atoms. The van der Waals surface area contributed by atoms with Crippen molar-refractivity contribution in [1.82, 2.24) is 5.73 Å². The van der Waals surface area contributed by atoms with Gasteiger partial charge in [-0.3, -0.25) is 0 Å². The van der Waals surface area contributed by atoms with Crippen molar-refractivity contribution in [2.45, 2.75) is 18.6 Å². The molecule has 1 aromatic carbocycles. The summed E-state index contributed by atoms with van der Waals surface area (Å²) in [5, 5.41) is 0. The lowest BCUT2D eigenvalue weighted by atomic mass is 10.1. The van der Waals surface area contributed by atoms with Gasteiger partial charge in [-0.2, -0.15) is 13.2 Å². The van der Waals surface area contributed by atoms with Crippen molar-refractivity contribution in [3.05, 3.63) is 35.9 Å². The van der Waals surface area contributed by atoms with Crippen LogP contribution in [0.5, 0.6) is 0 Å². The lowest BCUT2D eigenvalue weighted by Gasteiger charge is -2.14. The molecule has 1 N–H and O–H groups in total. The van der Waals surface area contributed by atoms with Crippen LogP contribution in [-0.4, -0.2) is 12.2 Å². The fourth-order valence-electron chi connectivity index (χ4n) is 0.966. The summed E-state index contributed by atoms with van der Waals surface area (Å²) in [4.78, 5) is 0. The summed E-state index contributed by atoms with van der Waals surface area (Å²) in [6, 6.07) is 6.22. The van der Waals surface area contributed by atoms with Gasteiger partial charge < -0.3 is 0 Å². The van der Waals surface area contributed by atoms with Gasteiger partial charge in [-0.25, -0.2) is 5.73 Å². The van der Waals surface area contributed by atoms with E-state index in [-0.39, 0.29) is 6.42 Å². The highest BCUT2D eigenvalue weighted by Gasteiger charge is 2.36. The highest BCUT2D eigenvalue weighted by molar-refractivity contribution is 5.16. The maximum Gasteiger partial charge on any atom is 0.405 e. The number of alkyl halides is 3. The Balaban J connectivity index is 2.61. The van der Waals surface area contributed by atoms with Gasteiger partial charge >= 0.3 is 6.18 Å². The Morgan fingerprint density at radius 2 is 1.69 bits per heavy atom. The minimum Gasteiger partial charge on any atom is -0.245 e. The minimum atomic E-state index is -4.42. The quantitative estimate of drug-likeness (QED) is 0.680. The largest absolute Gasteiger partial charge is 0.405 e. The van der Waals surface area contributed by atoms with Gasteiger partial charge in [-0.15, -0.1) is 0 Å². The maximum atomic E-state index is 11.9. The van der Waals surface area contributed by atoms with E-state index in [1.54, 1.807) is 30.3 Å². The molecule has 0 saturated carbocycles. The highest BCUT2D eigenvalue weighted by atomic mass is 19.4. The minimum absolute atomic E-state index is 0.273. The molecular weight excluding hydrogens is 179 g/mol. The van der Waals surface area contributed by atoms with E-state index in [4.69, 9.17) is 5.73 Å². The molecule has 1 aromatic rings. The molecule has 1 rings (SSSR count). The zero-order valence-corrected chi connectivity index (χ0v) is 6.81. The monoisotopic (exact) mass is 188 g/mol. The second-order valence-corrected chi connectivity index (χ2v) is 2.78. The average molecular weight is 188 g/mol. The van der Waals surface area contributed by atoms with Crippen LogP contribution in [0.4, 0.5) is 13.2 Å². The molecule has 1 unspecified atom stereocenters. The van der Waals surface area contributed by atoms with E-state index in [0.29, 0.717) is 5.56 Å². The SMILES string of the molecule is [NH]C(Cc1ccccc1)C(F)(F)F. The standard InChI is InChI=1S/C9H9F3N/c10-9(11,12)8(13)6-7-4-2-1-3-5-7/h1-5,8,13H,6H2. The van der Waals surface area contributed by atoms with Gasteiger partial charge in [0.1, 0.15) is 6.04 Å². The summed E-state index contributed by atoms with van der Waals surface area (Å²) in [7, 11) is 0. The fraction of sp³-hybridized carbons (Fsp3) is 0.333. The summed E-state index contributed by atoms with van der Waals surface area (Å²) in [5.74, 6) is 0. The lowest BCUT2D eigenvalue weighted by molar-refractivity contribution is -0.148.